The van der Waals surface area contributed by atoms with E-state index in [1.165, 1.54) is 12.2 Å². The van der Waals surface area contributed by atoms with Crippen molar-refractivity contribution in [2.24, 2.45) is 5.92 Å². The van der Waals surface area contributed by atoms with Crippen molar-refractivity contribution in [3.8, 4) is 0 Å². The second-order valence-corrected chi connectivity index (χ2v) is 5.25. The molecule has 4 nitrogen and oxygen atoms in total. The second kappa shape index (κ2) is 5.30. The van der Waals surface area contributed by atoms with E-state index in [-0.39, 0.29) is 17.6 Å². The molecule has 0 aromatic heterocycles. The quantitative estimate of drug-likeness (QED) is 0.837. The minimum Gasteiger partial charge on any atom is -0.347 e. The molecule has 1 aliphatic carbocycles. The van der Waals surface area contributed by atoms with Gasteiger partial charge in [0.15, 0.2) is 11.5 Å². The Labute approximate surface area is 123 Å². The molecule has 21 heavy (non-hydrogen) atoms. The largest absolute Gasteiger partial charge is 0.347 e. The van der Waals surface area contributed by atoms with Gasteiger partial charge in [0.2, 0.25) is 5.91 Å². The molecule has 1 atom stereocenters. The van der Waals surface area contributed by atoms with Gasteiger partial charge in [-0.1, -0.05) is 25.1 Å². The number of amides is 1. The third-order valence-corrected chi connectivity index (χ3v) is 3.91. The summed E-state index contributed by atoms with van der Waals surface area (Å²) in [5.74, 6) is -0.226. The number of benzene rings is 1. The molecule has 1 unspecified atom stereocenters. The van der Waals surface area contributed by atoms with Gasteiger partial charge in [0.05, 0.1) is 12.5 Å². The van der Waals surface area contributed by atoms with E-state index < -0.39 is 5.72 Å². The Kier molecular flexibility index (Phi) is 3.47. The van der Waals surface area contributed by atoms with E-state index in [1.807, 2.05) is 37.3 Å². The van der Waals surface area contributed by atoms with Crippen molar-refractivity contribution in [2.75, 3.05) is 11.5 Å². The van der Waals surface area contributed by atoms with Gasteiger partial charge in [-0.2, -0.15) is 0 Å². The molecule has 1 heterocycles. The molecule has 1 spiro atoms. The lowest BCUT2D eigenvalue weighted by Gasteiger charge is -2.46. The maximum Gasteiger partial charge on any atom is 0.235 e. The van der Waals surface area contributed by atoms with Crippen LogP contribution in [0, 0.1) is 5.92 Å². The number of allylic oxidation sites excluding steroid dienone is 2. The Morgan fingerprint density at radius 3 is 2.48 bits per heavy atom. The van der Waals surface area contributed by atoms with Crippen LogP contribution in [0.2, 0.25) is 0 Å². The molecule has 108 valence electrons. The molecule has 0 radical (unpaired) electrons. The van der Waals surface area contributed by atoms with Crippen LogP contribution >= 0.6 is 0 Å². The first-order valence-electron chi connectivity index (χ1n) is 7.12. The van der Waals surface area contributed by atoms with Crippen molar-refractivity contribution in [3.63, 3.8) is 0 Å². The van der Waals surface area contributed by atoms with E-state index in [0.29, 0.717) is 6.61 Å². The van der Waals surface area contributed by atoms with Crippen molar-refractivity contribution in [1.29, 1.82) is 0 Å². The monoisotopic (exact) mass is 283 g/mol. The number of nitrogens with zero attached hydrogens (tertiary/aromatic N) is 1. The van der Waals surface area contributed by atoms with Gasteiger partial charge in [-0.15, -0.1) is 0 Å². The highest BCUT2D eigenvalue weighted by atomic mass is 16.5. The average Bonchev–Trinajstić information content (AvgIpc) is 2.52. The first-order chi connectivity index (χ1) is 10.2. The molecule has 2 aliphatic rings. The number of ether oxygens (including phenoxy) is 1. The Morgan fingerprint density at radius 2 is 1.86 bits per heavy atom. The number of carbonyl (C=O) groups is 2. The number of rotatable bonds is 2. The summed E-state index contributed by atoms with van der Waals surface area (Å²) in [5, 5.41) is 0. The maximum absolute atomic E-state index is 12.8. The number of hydrogen-bond donors (Lipinski definition) is 0. The number of hydrogen-bond acceptors (Lipinski definition) is 3. The number of ketones is 1. The fourth-order valence-corrected chi connectivity index (χ4v) is 2.68. The molecule has 0 saturated carbocycles. The van der Waals surface area contributed by atoms with Crippen molar-refractivity contribution < 1.29 is 14.3 Å². The molecule has 1 aliphatic heterocycles. The topological polar surface area (TPSA) is 46.6 Å². The van der Waals surface area contributed by atoms with Gasteiger partial charge in [-0.3, -0.25) is 14.5 Å². The minimum atomic E-state index is -0.988. The summed E-state index contributed by atoms with van der Waals surface area (Å²) in [6.07, 6.45) is 6.95. The number of para-hydroxylation sites is 1. The normalized spacial score (nSPS) is 23.9. The lowest BCUT2D eigenvalue weighted by molar-refractivity contribution is -0.138. The molecule has 0 bridgehead atoms. The fraction of sp³-hybridized carbons (Fsp3) is 0.294. The van der Waals surface area contributed by atoms with Crippen molar-refractivity contribution in [3.05, 3.63) is 54.6 Å². The summed E-state index contributed by atoms with van der Waals surface area (Å²) in [4.78, 5) is 25.8. The van der Waals surface area contributed by atoms with E-state index in [4.69, 9.17) is 4.74 Å². The smallest absolute Gasteiger partial charge is 0.235 e. The van der Waals surface area contributed by atoms with Crippen LogP contribution in [-0.2, 0) is 14.3 Å². The molecule has 1 saturated heterocycles. The Bertz CT molecular complexity index is 602. The highest BCUT2D eigenvalue weighted by Gasteiger charge is 2.45. The van der Waals surface area contributed by atoms with Gasteiger partial charge in [-0.05, 0) is 42.9 Å². The van der Waals surface area contributed by atoms with Crippen LogP contribution in [-0.4, -0.2) is 24.0 Å². The van der Waals surface area contributed by atoms with Crippen LogP contribution in [0.1, 0.15) is 13.3 Å². The summed E-state index contributed by atoms with van der Waals surface area (Å²) >= 11 is 0. The standard InChI is InChI=1S/C17H17NO3/c1-2-13-12-21-17(10-8-15(19)9-11-17)18(16(13)20)14-6-4-3-5-7-14/h3-11,13H,2,12H2,1H3. The number of anilines is 1. The Balaban J connectivity index is 2.07. The first kappa shape index (κ1) is 13.8. The Hall–Kier alpha value is -2.20. The van der Waals surface area contributed by atoms with Crippen molar-refractivity contribution in [2.45, 2.75) is 19.1 Å². The average molecular weight is 283 g/mol. The van der Waals surface area contributed by atoms with E-state index in [1.54, 1.807) is 17.1 Å². The van der Waals surface area contributed by atoms with E-state index in [0.717, 1.165) is 12.1 Å². The minimum absolute atomic E-state index is 0.0265. The predicted molar refractivity (Wildman–Crippen MR) is 79.7 cm³/mol. The van der Waals surface area contributed by atoms with Crippen LogP contribution < -0.4 is 4.90 Å². The molecule has 1 aromatic rings. The van der Waals surface area contributed by atoms with Gasteiger partial charge in [0.1, 0.15) is 0 Å². The van der Waals surface area contributed by atoms with E-state index >= 15 is 0 Å². The van der Waals surface area contributed by atoms with Crippen LogP contribution in [0.15, 0.2) is 54.6 Å². The summed E-state index contributed by atoms with van der Waals surface area (Å²) in [6, 6.07) is 9.41. The van der Waals surface area contributed by atoms with E-state index in [9.17, 15) is 9.59 Å². The molecule has 1 fully saturated rings. The maximum atomic E-state index is 12.8. The summed E-state index contributed by atoms with van der Waals surface area (Å²) in [5.41, 5.74) is -0.220. The molecule has 0 N–H and O–H groups in total. The zero-order valence-electron chi connectivity index (χ0n) is 11.9. The summed E-state index contributed by atoms with van der Waals surface area (Å²) in [7, 11) is 0. The van der Waals surface area contributed by atoms with E-state index in [2.05, 4.69) is 0 Å². The Morgan fingerprint density at radius 1 is 1.19 bits per heavy atom. The molecular formula is C17H17NO3. The summed E-state index contributed by atoms with van der Waals surface area (Å²) < 4.78 is 5.97. The van der Waals surface area contributed by atoms with Crippen molar-refractivity contribution >= 4 is 17.4 Å². The molecule has 1 amide bonds. The lowest BCUT2D eigenvalue weighted by atomic mass is 9.95. The molecule has 4 heteroatoms. The van der Waals surface area contributed by atoms with Gasteiger partial charge in [0.25, 0.3) is 0 Å². The third-order valence-electron chi connectivity index (χ3n) is 3.91. The van der Waals surface area contributed by atoms with Crippen LogP contribution in [0.4, 0.5) is 5.69 Å². The van der Waals surface area contributed by atoms with Crippen LogP contribution in [0.3, 0.4) is 0 Å². The fourth-order valence-electron chi connectivity index (χ4n) is 2.68. The highest BCUT2D eigenvalue weighted by Crippen LogP contribution is 2.36. The van der Waals surface area contributed by atoms with Crippen molar-refractivity contribution in [1.82, 2.24) is 0 Å². The molecular weight excluding hydrogens is 266 g/mol. The zero-order chi connectivity index (χ0) is 14.9. The summed E-state index contributed by atoms with van der Waals surface area (Å²) in [6.45, 7) is 2.34. The third kappa shape index (κ3) is 2.32. The number of carbonyl (C=O) groups excluding carboxylic acids is 2. The predicted octanol–water partition coefficient (Wildman–Crippen LogP) is 2.47. The molecule has 1 aromatic carbocycles. The molecule has 3 rings (SSSR count). The van der Waals surface area contributed by atoms with Gasteiger partial charge < -0.3 is 4.74 Å². The van der Waals surface area contributed by atoms with Gasteiger partial charge in [0, 0.05) is 5.69 Å². The van der Waals surface area contributed by atoms with Crippen LogP contribution in [0.25, 0.3) is 0 Å². The SMILES string of the molecule is CCC1COC2(C=CC(=O)C=C2)N(c2ccccc2)C1=O. The van der Waals surface area contributed by atoms with Crippen LogP contribution in [0.5, 0.6) is 0 Å². The highest BCUT2D eigenvalue weighted by molar-refractivity contribution is 6.03. The second-order valence-electron chi connectivity index (χ2n) is 5.25. The lowest BCUT2D eigenvalue weighted by Crippen LogP contribution is -2.59. The zero-order valence-corrected chi connectivity index (χ0v) is 11.9. The van der Waals surface area contributed by atoms with Gasteiger partial charge >= 0.3 is 0 Å². The first-order valence-corrected chi connectivity index (χ1v) is 7.12. The van der Waals surface area contributed by atoms with Gasteiger partial charge in [-0.25, -0.2) is 0 Å².